The van der Waals surface area contributed by atoms with Gasteiger partial charge in [-0.3, -0.25) is 9.59 Å². The smallest absolute Gasteiger partial charge is 0.228 e. The summed E-state index contributed by atoms with van der Waals surface area (Å²) in [5.41, 5.74) is 3.17. The molecule has 130 valence electrons. The minimum absolute atomic E-state index is 0.172. The van der Waals surface area contributed by atoms with E-state index in [9.17, 15) is 9.59 Å². The summed E-state index contributed by atoms with van der Waals surface area (Å²) in [6, 6.07) is 10.7. The molecule has 25 heavy (non-hydrogen) atoms. The molecule has 4 nitrogen and oxygen atoms in total. The molecule has 2 aromatic carbocycles. The van der Waals surface area contributed by atoms with E-state index in [-0.39, 0.29) is 23.7 Å². The third-order valence-corrected chi connectivity index (χ3v) is 4.77. The highest BCUT2D eigenvalue weighted by molar-refractivity contribution is 6.34. The van der Waals surface area contributed by atoms with Crippen molar-refractivity contribution < 1.29 is 9.59 Å². The van der Waals surface area contributed by atoms with Gasteiger partial charge in [-0.2, -0.15) is 0 Å². The average Bonchev–Trinajstić information content (AvgIpc) is 3.31. The van der Waals surface area contributed by atoms with Gasteiger partial charge in [0.1, 0.15) is 0 Å². The van der Waals surface area contributed by atoms with Crippen molar-refractivity contribution in [3.63, 3.8) is 0 Å². The normalized spacial score (nSPS) is 18.6. The third kappa shape index (κ3) is 4.14. The lowest BCUT2D eigenvalue weighted by atomic mass is 10.1. The maximum Gasteiger partial charge on any atom is 0.228 e. The van der Waals surface area contributed by atoms with E-state index in [2.05, 4.69) is 10.6 Å². The molecular formula is C19H18Cl2N2O2. The largest absolute Gasteiger partial charge is 0.326 e. The SMILES string of the molecule is Cc1cc(C)c(NC(=O)C2CC2C(=O)Nc2cccc(Cl)c2)c(Cl)c1. The molecule has 0 bridgehead atoms. The van der Waals surface area contributed by atoms with Crippen molar-refractivity contribution in [1.29, 1.82) is 0 Å². The zero-order valence-corrected chi connectivity index (χ0v) is 15.4. The Kier molecular flexibility index (Phi) is 5.02. The quantitative estimate of drug-likeness (QED) is 0.802. The van der Waals surface area contributed by atoms with Crippen molar-refractivity contribution in [2.75, 3.05) is 10.6 Å². The summed E-state index contributed by atoms with van der Waals surface area (Å²) in [6.07, 6.45) is 0.529. The molecule has 2 N–H and O–H groups in total. The van der Waals surface area contributed by atoms with Crippen LogP contribution in [0.15, 0.2) is 36.4 Å². The maximum atomic E-state index is 12.4. The first-order valence-corrected chi connectivity index (χ1v) is 8.75. The highest BCUT2D eigenvalue weighted by atomic mass is 35.5. The van der Waals surface area contributed by atoms with Crippen LogP contribution in [0.5, 0.6) is 0 Å². The monoisotopic (exact) mass is 376 g/mol. The highest BCUT2D eigenvalue weighted by Gasteiger charge is 2.48. The van der Waals surface area contributed by atoms with E-state index in [0.717, 1.165) is 11.1 Å². The zero-order chi connectivity index (χ0) is 18.1. The van der Waals surface area contributed by atoms with Crippen LogP contribution in [0.4, 0.5) is 11.4 Å². The summed E-state index contributed by atoms with van der Waals surface area (Å²) in [6.45, 7) is 3.84. The zero-order valence-electron chi connectivity index (χ0n) is 13.9. The van der Waals surface area contributed by atoms with Crippen LogP contribution in [-0.4, -0.2) is 11.8 Å². The van der Waals surface area contributed by atoms with E-state index in [1.165, 1.54) is 0 Å². The van der Waals surface area contributed by atoms with Crippen molar-refractivity contribution >= 4 is 46.4 Å². The first kappa shape index (κ1) is 17.8. The number of hydrogen-bond acceptors (Lipinski definition) is 2. The van der Waals surface area contributed by atoms with E-state index in [4.69, 9.17) is 23.2 Å². The Morgan fingerprint density at radius 3 is 2.32 bits per heavy atom. The van der Waals surface area contributed by atoms with Crippen LogP contribution in [0.1, 0.15) is 17.5 Å². The predicted octanol–water partition coefficient (Wildman–Crippen LogP) is 4.82. The summed E-state index contributed by atoms with van der Waals surface area (Å²) < 4.78 is 0. The van der Waals surface area contributed by atoms with Crippen LogP contribution < -0.4 is 10.6 Å². The molecule has 2 aromatic rings. The second kappa shape index (κ2) is 7.06. The number of rotatable bonds is 4. The Labute approximate surface area is 156 Å². The summed E-state index contributed by atoms with van der Waals surface area (Å²) in [5.74, 6) is -1.02. The lowest BCUT2D eigenvalue weighted by molar-refractivity contribution is -0.122. The van der Waals surface area contributed by atoms with Crippen molar-refractivity contribution in [3.05, 3.63) is 57.6 Å². The van der Waals surface area contributed by atoms with Crippen LogP contribution in [-0.2, 0) is 9.59 Å². The Balaban J connectivity index is 1.61. The molecule has 1 saturated carbocycles. The first-order chi connectivity index (χ1) is 11.8. The van der Waals surface area contributed by atoms with Gasteiger partial charge in [0.15, 0.2) is 0 Å². The van der Waals surface area contributed by atoms with Crippen LogP contribution in [0.2, 0.25) is 10.0 Å². The number of nitrogens with one attached hydrogen (secondary N) is 2. The number of carbonyl (C=O) groups is 2. The number of carbonyl (C=O) groups excluding carboxylic acids is 2. The van der Waals surface area contributed by atoms with Gasteiger partial charge in [-0.05, 0) is 55.7 Å². The summed E-state index contributed by atoms with van der Waals surface area (Å²) in [5, 5.41) is 6.70. The average molecular weight is 377 g/mol. The van der Waals surface area contributed by atoms with Gasteiger partial charge in [-0.15, -0.1) is 0 Å². The maximum absolute atomic E-state index is 12.4. The molecule has 0 radical (unpaired) electrons. The van der Waals surface area contributed by atoms with Gasteiger partial charge in [0, 0.05) is 10.7 Å². The van der Waals surface area contributed by atoms with Crippen molar-refractivity contribution in [1.82, 2.24) is 0 Å². The molecule has 0 spiro atoms. The van der Waals surface area contributed by atoms with Crippen LogP contribution in [0.3, 0.4) is 0 Å². The number of benzene rings is 2. The molecule has 1 fully saturated rings. The molecule has 0 heterocycles. The van der Waals surface area contributed by atoms with Crippen LogP contribution >= 0.6 is 23.2 Å². The van der Waals surface area contributed by atoms with Gasteiger partial charge < -0.3 is 10.6 Å². The number of halogens is 2. The minimum atomic E-state index is -0.337. The van der Waals surface area contributed by atoms with E-state index >= 15 is 0 Å². The molecule has 0 aromatic heterocycles. The molecule has 0 aliphatic heterocycles. The molecule has 1 aliphatic rings. The predicted molar refractivity (Wildman–Crippen MR) is 101 cm³/mol. The fourth-order valence-corrected chi connectivity index (χ4v) is 3.42. The Morgan fingerprint density at radius 2 is 1.68 bits per heavy atom. The van der Waals surface area contributed by atoms with Gasteiger partial charge in [-0.25, -0.2) is 0 Å². The summed E-state index contributed by atoms with van der Waals surface area (Å²) in [4.78, 5) is 24.7. The second-order valence-corrected chi connectivity index (χ2v) is 7.22. The number of amides is 2. The molecule has 6 heteroatoms. The molecule has 2 atom stereocenters. The summed E-state index contributed by atoms with van der Waals surface area (Å²) >= 11 is 12.1. The highest BCUT2D eigenvalue weighted by Crippen LogP contribution is 2.41. The second-order valence-electron chi connectivity index (χ2n) is 6.38. The van der Waals surface area contributed by atoms with E-state index in [0.29, 0.717) is 27.8 Å². The Hall–Kier alpha value is -2.04. The van der Waals surface area contributed by atoms with Gasteiger partial charge in [0.25, 0.3) is 0 Å². The lowest BCUT2D eigenvalue weighted by Crippen LogP contribution is -2.21. The van der Waals surface area contributed by atoms with Gasteiger partial charge in [-0.1, -0.05) is 35.3 Å². The number of aryl methyl sites for hydroxylation is 2. The van der Waals surface area contributed by atoms with E-state index in [1.807, 2.05) is 19.9 Å². The molecule has 1 aliphatic carbocycles. The van der Waals surface area contributed by atoms with E-state index < -0.39 is 0 Å². The summed E-state index contributed by atoms with van der Waals surface area (Å²) in [7, 11) is 0. The van der Waals surface area contributed by atoms with Crippen molar-refractivity contribution in [2.24, 2.45) is 11.8 Å². The lowest BCUT2D eigenvalue weighted by Gasteiger charge is -2.11. The van der Waals surface area contributed by atoms with Gasteiger partial charge in [0.05, 0.1) is 22.5 Å². The standard InChI is InChI=1S/C19H18Cl2N2O2/c1-10-6-11(2)17(16(21)7-10)23-19(25)15-9-14(15)18(24)22-13-5-3-4-12(20)8-13/h3-8,14-15H,9H2,1-2H3,(H,22,24)(H,23,25). The minimum Gasteiger partial charge on any atom is -0.326 e. The molecule has 3 rings (SSSR count). The Morgan fingerprint density at radius 1 is 1.00 bits per heavy atom. The van der Waals surface area contributed by atoms with E-state index in [1.54, 1.807) is 30.3 Å². The van der Waals surface area contributed by atoms with Crippen LogP contribution in [0, 0.1) is 25.7 Å². The topological polar surface area (TPSA) is 58.2 Å². The van der Waals surface area contributed by atoms with Crippen molar-refractivity contribution in [2.45, 2.75) is 20.3 Å². The van der Waals surface area contributed by atoms with Gasteiger partial charge in [0.2, 0.25) is 11.8 Å². The molecule has 2 unspecified atom stereocenters. The first-order valence-electron chi connectivity index (χ1n) is 7.99. The molecular weight excluding hydrogens is 359 g/mol. The van der Waals surface area contributed by atoms with Crippen molar-refractivity contribution in [3.8, 4) is 0 Å². The fraction of sp³-hybridized carbons (Fsp3) is 0.263. The fourth-order valence-electron chi connectivity index (χ4n) is 2.87. The van der Waals surface area contributed by atoms with Crippen LogP contribution in [0.25, 0.3) is 0 Å². The number of anilines is 2. The van der Waals surface area contributed by atoms with Gasteiger partial charge >= 0.3 is 0 Å². The molecule has 2 amide bonds. The number of hydrogen-bond donors (Lipinski definition) is 2. The molecule has 0 saturated heterocycles. The third-order valence-electron chi connectivity index (χ3n) is 4.24. The Bertz CT molecular complexity index is 828.